The molecule has 0 amide bonds. The van der Waals surface area contributed by atoms with Gasteiger partial charge in [-0.15, -0.1) is 10.2 Å². The Hall–Kier alpha value is 0.981. The van der Waals surface area contributed by atoms with Crippen LogP contribution in [0, 0.1) is 6.92 Å². The molecule has 0 N–H and O–H groups in total. The summed E-state index contributed by atoms with van der Waals surface area (Å²) in [5.74, 6) is 0.271. The first-order valence-electron chi connectivity index (χ1n) is 3.11. The minimum atomic E-state index is -4.78. The molecule has 0 radical (unpaired) electrons. The summed E-state index contributed by atoms with van der Waals surface area (Å²) in [7, 11) is 0. The molecule has 0 fully saturated rings. The molecular weight excluding hydrogens is 231 g/mol. The summed E-state index contributed by atoms with van der Waals surface area (Å²) < 4.78 is 39.8. The zero-order chi connectivity index (χ0) is 9.19. The third-order valence-corrected chi connectivity index (χ3v) is 1.86. The van der Waals surface area contributed by atoms with Crippen molar-refractivity contribution in [3.05, 3.63) is 5.89 Å². The standard InChI is InChI=1S/C4H5BF3N2OS.K/c1-3-9-10-4(11-3)12-2-5(6,7)8;/h2H2,1H3;/q-1;+1. The van der Waals surface area contributed by atoms with E-state index in [0.717, 1.165) is 0 Å². The van der Waals surface area contributed by atoms with Crippen LogP contribution < -0.4 is 51.4 Å². The second-order valence-electron chi connectivity index (χ2n) is 2.11. The number of aromatic nitrogens is 2. The largest absolute Gasteiger partial charge is 1.00 e. The molecule has 1 aromatic heterocycles. The number of aryl methyl sites for hydroxylation is 1. The van der Waals surface area contributed by atoms with Crippen LogP contribution in [0.15, 0.2) is 9.64 Å². The zero-order valence-corrected chi connectivity index (χ0v) is 11.1. The molecule has 0 unspecified atom stereocenters. The number of nitrogens with zero attached hydrogens (tertiary/aromatic N) is 2. The van der Waals surface area contributed by atoms with E-state index in [-0.39, 0.29) is 62.5 Å². The van der Waals surface area contributed by atoms with Gasteiger partial charge in [-0.25, -0.2) is 0 Å². The summed E-state index contributed by atoms with van der Waals surface area (Å²) in [6, 6.07) is 0. The molecule has 0 aromatic carbocycles. The Bertz CT molecular complexity index is 268. The first kappa shape index (κ1) is 14.0. The molecule has 0 aliphatic rings. The predicted octanol–water partition coefficient (Wildman–Crippen LogP) is -1.14. The molecule has 0 saturated heterocycles. The summed E-state index contributed by atoms with van der Waals surface area (Å²) in [4.78, 5) is 0. The van der Waals surface area contributed by atoms with Gasteiger partial charge in [-0.05, 0) is 5.65 Å². The van der Waals surface area contributed by atoms with Crippen LogP contribution in [0.2, 0.25) is 0 Å². The Kier molecular flexibility index (Phi) is 6.20. The van der Waals surface area contributed by atoms with Crippen LogP contribution in [0.3, 0.4) is 0 Å². The molecule has 0 bridgehead atoms. The maximum Gasteiger partial charge on any atom is 1.00 e. The molecule has 1 heterocycles. The molecule has 1 rings (SSSR count). The summed E-state index contributed by atoms with van der Waals surface area (Å²) in [6.07, 6.45) is 0. The fourth-order valence-corrected chi connectivity index (χ4v) is 1.11. The second kappa shape index (κ2) is 5.76. The van der Waals surface area contributed by atoms with Crippen molar-refractivity contribution in [1.82, 2.24) is 10.2 Å². The topological polar surface area (TPSA) is 38.9 Å². The molecular formula is C4H5BF3KN2OS. The van der Waals surface area contributed by atoms with Gasteiger partial charge in [0.2, 0.25) is 5.89 Å². The summed E-state index contributed by atoms with van der Waals surface area (Å²) in [6.45, 7) is -3.26. The molecule has 9 heteroatoms. The van der Waals surface area contributed by atoms with Crippen LogP contribution in [0.1, 0.15) is 5.89 Å². The normalized spacial score (nSPS) is 11.1. The number of rotatable bonds is 3. The van der Waals surface area contributed by atoms with Gasteiger partial charge in [-0.2, -0.15) is 0 Å². The first-order chi connectivity index (χ1) is 5.47. The fraction of sp³-hybridized carbons (Fsp3) is 0.500. The number of hydrogen-bond acceptors (Lipinski definition) is 4. The molecule has 0 saturated carbocycles. The van der Waals surface area contributed by atoms with Crippen molar-refractivity contribution in [3.63, 3.8) is 0 Å². The monoisotopic (exact) mass is 236 g/mol. The first-order valence-corrected chi connectivity index (χ1v) is 4.10. The van der Waals surface area contributed by atoms with Crippen LogP contribution in [0.5, 0.6) is 0 Å². The molecule has 0 spiro atoms. The van der Waals surface area contributed by atoms with Crippen molar-refractivity contribution < 1.29 is 68.7 Å². The minimum absolute atomic E-state index is 0. The smallest absolute Gasteiger partial charge is 0.448 e. The molecule has 0 aliphatic carbocycles. The summed E-state index contributed by atoms with van der Waals surface area (Å²) >= 11 is 0.511. The third kappa shape index (κ3) is 6.13. The maximum absolute atomic E-state index is 11.7. The van der Waals surface area contributed by atoms with Crippen LogP contribution in [0.4, 0.5) is 12.9 Å². The van der Waals surface area contributed by atoms with Gasteiger partial charge in [0.05, 0.1) is 0 Å². The minimum Gasteiger partial charge on any atom is -0.448 e. The van der Waals surface area contributed by atoms with E-state index in [2.05, 4.69) is 10.2 Å². The van der Waals surface area contributed by atoms with E-state index < -0.39 is 12.6 Å². The molecule has 68 valence electrons. The number of halogens is 3. The SMILES string of the molecule is Cc1nnc(SC[B-](F)(F)F)o1.[K+]. The van der Waals surface area contributed by atoms with Crippen LogP contribution in [0.25, 0.3) is 0 Å². The average Bonchev–Trinajstić information content (AvgIpc) is 2.30. The summed E-state index contributed by atoms with van der Waals surface area (Å²) in [5, 5.41) is 6.76. The van der Waals surface area contributed by atoms with Crippen molar-refractivity contribution in [2.75, 3.05) is 5.65 Å². The molecule has 0 atom stereocenters. The average molecular weight is 236 g/mol. The second-order valence-corrected chi connectivity index (χ2v) is 3.08. The van der Waals surface area contributed by atoms with E-state index in [0.29, 0.717) is 11.8 Å². The van der Waals surface area contributed by atoms with Gasteiger partial charge in [-0.3, -0.25) is 0 Å². The fourth-order valence-electron chi connectivity index (χ4n) is 0.503. The van der Waals surface area contributed by atoms with Gasteiger partial charge in [0.15, 0.2) is 0 Å². The van der Waals surface area contributed by atoms with E-state index >= 15 is 0 Å². The van der Waals surface area contributed by atoms with Crippen LogP contribution >= 0.6 is 11.8 Å². The van der Waals surface area contributed by atoms with E-state index in [1.54, 1.807) is 0 Å². The number of hydrogen-bond donors (Lipinski definition) is 0. The van der Waals surface area contributed by atoms with E-state index in [4.69, 9.17) is 4.42 Å². The Balaban J connectivity index is 0.00000144. The molecule has 1 aromatic rings. The van der Waals surface area contributed by atoms with Crippen molar-refractivity contribution in [3.8, 4) is 0 Å². The van der Waals surface area contributed by atoms with Gasteiger partial charge in [0, 0.05) is 6.92 Å². The Morgan fingerprint density at radius 3 is 2.38 bits per heavy atom. The quantitative estimate of drug-likeness (QED) is 0.491. The third-order valence-electron chi connectivity index (χ3n) is 0.903. The Morgan fingerprint density at radius 2 is 2.00 bits per heavy atom. The molecule has 0 aliphatic heterocycles. The Labute approximate surface area is 120 Å². The summed E-state index contributed by atoms with van der Waals surface area (Å²) in [5.41, 5.74) is -0.943. The van der Waals surface area contributed by atoms with Crippen molar-refractivity contribution in [2.45, 2.75) is 12.1 Å². The van der Waals surface area contributed by atoms with Crippen molar-refractivity contribution >= 4 is 18.7 Å². The van der Waals surface area contributed by atoms with Gasteiger partial charge in [0.1, 0.15) is 0 Å². The van der Waals surface area contributed by atoms with E-state index in [1.165, 1.54) is 6.92 Å². The van der Waals surface area contributed by atoms with Crippen LogP contribution in [-0.4, -0.2) is 22.8 Å². The van der Waals surface area contributed by atoms with Gasteiger partial charge in [0.25, 0.3) is 5.22 Å². The maximum atomic E-state index is 11.7. The Morgan fingerprint density at radius 1 is 1.38 bits per heavy atom. The zero-order valence-electron chi connectivity index (χ0n) is 7.13. The van der Waals surface area contributed by atoms with Gasteiger partial charge in [-0.1, -0.05) is 11.8 Å². The van der Waals surface area contributed by atoms with Gasteiger partial charge >= 0.3 is 58.4 Å². The predicted molar refractivity (Wildman–Crippen MR) is 38.8 cm³/mol. The van der Waals surface area contributed by atoms with Crippen LogP contribution in [-0.2, 0) is 0 Å². The van der Waals surface area contributed by atoms with E-state index in [9.17, 15) is 12.9 Å². The van der Waals surface area contributed by atoms with Gasteiger partial charge < -0.3 is 17.4 Å². The molecule has 3 nitrogen and oxygen atoms in total. The number of thioether (sulfide) groups is 1. The molecule has 13 heavy (non-hydrogen) atoms. The van der Waals surface area contributed by atoms with Crippen molar-refractivity contribution in [2.24, 2.45) is 0 Å². The van der Waals surface area contributed by atoms with E-state index in [1.807, 2.05) is 0 Å². The van der Waals surface area contributed by atoms with Crippen molar-refractivity contribution in [1.29, 1.82) is 0 Å².